The molecule has 0 saturated heterocycles. The van der Waals surface area contributed by atoms with E-state index in [4.69, 9.17) is 9.73 Å². The fourth-order valence-corrected chi connectivity index (χ4v) is 3.97. The fourth-order valence-electron chi connectivity index (χ4n) is 3.25. The first-order valence-electron chi connectivity index (χ1n) is 11.7. The molecule has 0 aliphatic rings. The summed E-state index contributed by atoms with van der Waals surface area (Å²) < 4.78 is 5.41. The summed E-state index contributed by atoms with van der Waals surface area (Å²) in [4.78, 5) is 33.8. The van der Waals surface area contributed by atoms with Crippen LogP contribution in [0.2, 0.25) is 0 Å². The number of para-hydroxylation sites is 1. The number of fused-ring (bicyclic) bond motifs is 1. The van der Waals surface area contributed by atoms with Gasteiger partial charge in [-0.1, -0.05) is 69.3 Å². The lowest BCUT2D eigenvalue weighted by atomic mass is 9.93. The number of hydrogen-bond donors (Lipinski definition) is 2. The average molecular weight is 505 g/mol. The molecule has 2 aromatic carbocycles. The lowest BCUT2D eigenvalue weighted by Gasteiger charge is -2.19. The van der Waals surface area contributed by atoms with E-state index in [1.54, 1.807) is 12.3 Å². The summed E-state index contributed by atoms with van der Waals surface area (Å²) in [7, 11) is 0. The van der Waals surface area contributed by atoms with Gasteiger partial charge < -0.3 is 15.4 Å². The first kappa shape index (κ1) is 26.9. The highest BCUT2D eigenvalue weighted by molar-refractivity contribution is 8.13. The number of amidine groups is 1. The van der Waals surface area contributed by atoms with Crippen LogP contribution in [0.5, 0.6) is 0 Å². The number of amides is 1. The fraction of sp³-hybridized carbons (Fsp3) is 0.286. The van der Waals surface area contributed by atoms with Crippen molar-refractivity contribution in [3.05, 3.63) is 78.5 Å². The molecule has 188 valence electrons. The molecule has 1 atom stereocenters. The van der Waals surface area contributed by atoms with Crippen molar-refractivity contribution in [2.24, 2.45) is 10.4 Å². The number of carbonyl (C=O) groups is 2. The summed E-state index contributed by atoms with van der Waals surface area (Å²) in [5, 5.41) is 7.55. The molecule has 8 heteroatoms. The van der Waals surface area contributed by atoms with Crippen LogP contribution in [0.1, 0.15) is 39.7 Å². The van der Waals surface area contributed by atoms with Crippen molar-refractivity contribution >= 4 is 51.5 Å². The van der Waals surface area contributed by atoms with Crippen LogP contribution in [-0.2, 0) is 14.3 Å². The summed E-state index contributed by atoms with van der Waals surface area (Å²) in [5.41, 5.74) is 2.21. The van der Waals surface area contributed by atoms with E-state index >= 15 is 0 Å². The Balaban J connectivity index is 1.70. The van der Waals surface area contributed by atoms with E-state index in [0.29, 0.717) is 17.3 Å². The normalized spacial score (nSPS) is 12.9. The van der Waals surface area contributed by atoms with Gasteiger partial charge in [-0.2, -0.15) is 0 Å². The predicted octanol–water partition coefficient (Wildman–Crippen LogP) is 5.66. The van der Waals surface area contributed by atoms with Gasteiger partial charge in [0.05, 0.1) is 23.8 Å². The molecule has 2 N–H and O–H groups in total. The van der Waals surface area contributed by atoms with E-state index in [9.17, 15) is 9.59 Å². The Bertz CT molecular complexity index is 1230. The van der Waals surface area contributed by atoms with Crippen molar-refractivity contribution in [2.75, 3.05) is 5.94 Å². The number of rotatable bonds is 8. The van der Waals surface area contributed by atoms with Gasteiger partial charge in [0.25, 0.3) is 0 Å². The first-order chi connectivity index (χ1) is 17.2. The topological polar surface area (TPSA) is 92.7 Å². The van der Waals surface area contributed by atoms with Gasteiger partial charge >= 0.3 is 5.97 Å². The molecule has 3 rings (SSSR count). The summed E-state index contributed by atoms with van der Waals surface area (Å²) in [6.45, 7) is 7.77. The maximum absolute atomic E-state index is 12.4. The molecule has 0 aliphatic heterocycles. The van der Waals surface area contributed by atoms with Crippen LogP contribution in [0.4, 0.5) is 5.69 Å². The maximum Gasteiger partial charge on any atom is 0.307 e. The van der Waals surface area contributed by atoms with Gasteiger partial charge in [0.15, 0.2) is 5.17 Å². The monoisotopic (exact) mass is 504 g/mol. The molecule has 0 radical (unpaired) electrons. The number of thioether (sulfide) groups is 1. The van der Waals surface area contributed by atoms with E-state index in [2.05, 4.69) is 15.6 Å². The van der Waals surface area contributed by atoms with Gasteiger partial charge in [0.1, 0.15) is 5.94 Å². The quantitative estimate of drug-likeness (QED) is 0.135. The minimum absolute atomic E-state index is 0.0908. The van der Waals surface area contributed by atoms with Crippen LogP contribution in [0.25, 0.3) is 17.0 Å². The number of aliphatic imine (C=N–C) groups is 1. The molecule has 7 nitrogen and oxygen atoms in total. The van der Waals surface area contributed by atoms with E-state index < -0.39 is 6.17 Å². The van der Waals surface area contributed by atoms with E-state index in [0.717, 1.165) is 16.5 Å². The zero-order valence-corrected chi connectivity index (χ0v) is 21.8. The molecule has 0 saturated carbocycles. The number of benzene rings is 2. The third kappa shape index (κ3) is 9.19. The van der Waals surface area contributed by atoms with Crippen LogP contribution in [0, 0.1) is 5.41 Å². The van der Waals surface area contributed by atoms with E-state index in [1.807, 2.05) is 88.4 Å². The summed E-state index contributed by atoms with van der Waals surface area (Å²) in [5.74, 6) is -0.423. The van der Waals surface area contributed by atoms with Crippen molar-refractivity contribution in [1.29, 1.82) is 0 Å². The third-order valence-corrected chi connectivity index (χ3v) is 5.57. The molecule has 0 spiro atoms. The Labute approximate surface area is 216 Å². The highest BCUT2D eigenvalue weighted by atomic mass is 32.2. The second kappa shape index (κ2) is 12.9. The highest BCUT2D eigenvalue weighted by Crippen LogP contribution is 2.25. The average Bonchev–Trinajstić information content (AvgIpc) is 2.82. The lowest BCUT2D eigenvalue weighted by Crippen LogP contribution is -2.44. The van der Waals surface area contributed by atoms with Crippen LogP contribution >= 0.6 is 11.8 Å². The summed E-state index contributed by atoms with van der Waals surface area (Å²) in [6, 6.07) is 19.2. The van der Waals surface area contributed by atoms with Gasteiger partial charge in [-0.25, -0.2) is 4.99 Å². The standard InChI is InChI=1S/C28H32N4O3S/c1-20(30-24(33)16-15-21-10-6-5-7-11-21)31-27(36-19-35-25(34)18-28(2,3)4)32-23-14-8-12-22-13-9-17-29-26(22)23/h5-17,20H,18-19H2,1-4H3,(H,30,33)(H,31,32)/b16-15+. The number of esters is 1. The number of aromatic nitrogens is 1. The molecular weight excluding hydrogens is 472 g/mol. The van der Waals surface area contributed by atoms with Gasteiger partial charge in [-0.3, -0.25) is 14.6 Å². The molecule has 0 bridgehead atoms. The zero-order valence-electron chi connectivity index (χ0n) is 21.0. The van der Waals surface area contributed by atoms with Crippen LogP contribution in [0.15, 0.2) is 77.9 Å². The van der Waals surface area contributed by atoms with Crippen LogP contribution in [-0.4, -0.2) is 34.1 Å². The number of ether oxygens (including phenoxy) is 1. The highest BCUT2D eigenvalue weighted by Gasteiger charge is 2.17. The molecule has 36 heavy (non-hydrogen) atoms. The van der Waals surface area contributed by atoms with Crippen molar-refractivity contribution in [3.63, 3.8) is 0 Å². The second-order valence-electron chi connectivity index (χ2n) is 9.40. The third-order valence-electron chi connectivity index (χ3n) is 4.85. The lowest BCUT2D eigenvalue weighted by molar-refractivity contribution is -0.143. The van der Waals surface area contributed by atoms with E-state index in [1.165, 1.54) is 17.8 Å². The molecule has 0 aliphatic carbocycles. The Morgan fingerprint density at radius 3 is 2.56 bits per heavy atom. The SMILES string of the molecule is CC(NC(=O)/C=C/c1ccccc1)N/C(=N\c1cccc2cccnc12)SCOC(=O)CC(C)(C)C. The molecule has 1 heterocycles. The van der Waals surface area contributed by atoms with Gasteiger partial charge in [-0.05, 0) is 47.9 Å². The Kier molecular flexibility index (Phi) is 9.64. The Morgan fingerprint density at radius 2 is 1.81 bits per heavy atom. The number of nitrogens with zero attached hydrogens (tertiary/aromatic N) is 2. The smallest absolute Gasteiger partial charge is 0.307 e. The zero-order chi connectivity index (χ0) is 26.0. The van der Waals surface area contributed by atoms with Gasteiger partial charge in [0.2, 0.25) is 5.91 Å². The van der Waals surface area contributed by atoms with Gasteiger partial charge in [-0.15, -0.1) is 0 Å². The van der Waals surface area contributed by atoms with Crippen LogP contribution < -0.4 is 10.6 Å². The van der Waals surface area contributed by atoms with Crippen LogP contribution in [0.3, 0.4) is 0 Å². The van der Waals surface area contributed by atoms with Crippen molar-refractivity contribution < 1.29 is 14.3 Å². The number of carbonyl (C=O) groups excluding carboxylic acids is 2. The van der Waals surface area contributed by atoms with Crippen molar-refractivity contribution in [2.45, 2.75) is 40.3 Å². The molecule has 1 aromatic heterocycles. The number of hydrogen-bond acceptors (Lipinski definition) is 6. The first-order valence-corrected chi connectivity index (χ1v) is 12.7. The minimum atomic E-state index is -0.433. The van der Waals surface area contributed by atoms with Crippen molar-refractivity contribution in [1.82, 2.24) is 15.6 Å². The number of pyridine rings is 1. The summed E-state index contributed by atoms with van der Waals surface area (Å²) >= 11 is 1.24. The maximum atomic E-state index is 12.4. The molecule has 1 amide bonds. The molecule has 0 fully saturated rings. The van der Waals surface area contributed by atoms with Crippen molar-refractivity contribution in [3.8, 4) is 0 Å². The molecule has 1 unspecified atom stereocenters. The Morgan fingerprint density at radius 1 is 1.06 bits per heavy atom. The largest absolute Gasteiger partial charge is 0.454 e. The minimum Gasteiger partial charge on any atom is -0.454 e. The van der Waals surface area contributed by atoms with E-state index in [-0.39, 0.29) is 23.2 Å². The molecule has 3 aromatic rings. The second-order valence-corrected chi connectivity index (χ2v) is 10.3. The predicted molar refractivity (Wildman–Crippen MR) is 148 cm³/mol. The number of nitrogens with one attached hydrogen (secondary N) is 2. The molecular formula is C28H32N4O3S. The Hall–Kier alpha value is -3.65. The summed E-state index contributed by atoms with van der Waals surface area (Å²) in [6.07, 6.45) is 4.85. The van der Waals surface area contributed by atoms with Gasteiger partial charge in [0, 0.05) is 17.7 Å².